The molecule has 0 heterocycles. The Morgan fingerprint density at radius 1 is 0.389 bits per heavy atom. The van der Waals surface area contributed by atoms with Gasteiger partial charge in [0.05, 0.1) is 14.2 Å². The Labute approximate surface area is 211 Å². The van der Waals surface area contributed by atoms with E-state index in [1.165, 1.54) is 43.8 Å². The maximum atomic E-state index is 5.43. The molecule has 0 radical (unpaired) electrons. The van der Waals surface area contributed by atoms with Gasteiger partial charge in [-0.2, -0.15) is 0 Å². The fourth-order valence-electron chi connectivity index (χ4n) is 5.10. The molecule has 0 aliphatic rings. The minimum Gasteiger partial charge on any atom is -0.497 e. The SMILES string of the molecule is COc1ccc(-c2ccc3ccccc3c2-c2c(-c3ccc(OC)cc3)ccc3ccccc23)cc1. The van der Waals surface area contributed by atoms with E-state index in [0.717, 1.165) is 22.6 Å². The van der Waals surface area contributed by atoms with E-state index in [-0.39, 0.29) is 0 Å². The lowest BCUT2D eigenvalue weighted by atomic mass is 9.83. The van der Waals surface area contributed by atoms with Crippen molar-refractivity contribution in [3.05, 3.63) is 121 Å². The average molecular weight is 467 g/mol. The second kappa shape index (κ2) is 9.24. The smallest absolute Gasteiger partial charge is 0.118 e. The third-order valence-electron chi connectivity index (χ3n) is 6.91. The number of fused-ring (bicyclic) bond motifs is 2. The first-order chi connectivity index (χ1) is 17.8. The summed E-state index contributed by atoms with van der Waals surface area (Å²) in [6.07, 6.45) is 0. The van der Waals surface area contributed by atoms with Gasteiger partial charge in [0.1, 0.15) is 11.5 Å². The van der Waals surface area contributed by atoms with Crippen LogP contribution in [-0.2, 0) is 0 Å². The van der Waals surface area contributed by atoms with E-state index in [2.05, 4.69) is 97.1 Å². The van der Waals surface area contributed by atoms with Crippen LogP contribution in [0.2, 0.25) is 0 Å². The van der Waals surface area contributed by atoms with Crippen LogP contribution in [0.3, 0.4) is 0 Å². The Morgan fingerprint density at radius 3 is 1.17 bits per heavy atom. The van der Waals surface area contributed by atoms with E-state index in [4.69, 9.17) is 9.47 Å². The zero-order valence-electron chi connectivity index (χ0n) is 20.4. The molecule has 6 rings (SSSR count). The lowest BCUT2D eigenvalue weighted by Crippen LogP contribution is -1.93. The summed E-state index contributed by atoms with van der Waals surface area (Å²) >= 11 is 0. The van der Waals surface area contributed by atoms with Gasteiger partial charge in [0.25, 0.3) is 0 Å². The Bertz CT molecular complexity index is 1550. The lowest BCUT2D eigenvalue weighted by molar-refractivity contribution is 0.415. The van der Waals surface area contributed by atoms with Crippen LogP contribution < -0.4 is 9.47 Å². The highest BCUT2D eigenvalue weighted by Gasteiger charge is 2.19. The van der Waals surface area contributed by atoms with Crippen molar-refractivity contribution < 1.29 is 9.47 Å². The summed E-state index contributed by atoms with van der Waals surface area (Å²) < 4.78 is 10.9. The first-order valence-electron chi connectivity index (χ1n) is 12.1. The van der Waals surface area contributed by atoms with Crippen LogP contribution in [-0.4, -0.2) is 14.2 Å². The normalized spacial score (nSPS) is 11.1. The molecule has 0 aliphatic heterocycles. The third kappa shape index (κ3) is 3.77. The molecule has 0 unspecified atom stereocenters. The largest absolute Gasteiger partial charge is 0.497 e. The molecule has 0 amide bonds. The Hall–Kier alpha value is -4.56. The highest BCUT2D eigenvalue weighted by atomic mass is 16.5. The van der Waals surface area contributed by atoms with Gasteiger partial charge in [-0.15, -0.1) is 0 Å². The van der Waals surface area contributed by atoms with Crippen LogP contribution in [0.25, 0.3) is 54.9 Å². The van der Waals surface area contributed by atoms with E-state index in [9.17, 15) is 0 Å². The number of hydrogen-bond acceptors (Lipinski definition) is 2. The van der Waals surface area contributed by atoms with Crippen LogP contribution in [0.5, 0.6) is 11.5 Å². The van der Waals surface area contributed by atoms with E-state index in [1.54, 1.807) is 14.2 Å². The average Bonchev–Trinajstić information content (AvgIpc) is 2.96. The number of benzene rings is 6. The van der Waals surface area contributed by atoms with Gasteiger partial charge in [0, 0.05) is 0 Å². The molecule has 0 fully saturated rings. The zero-order valence-corrected chi connectivity index (χ0v) is 20.4. The first-order valence-corrected chi connectivity index (χ1v) is 12.1. The molecule has 6 aromatic rings. The maximum absolute atomic E-state index is 5.43. The summed E-state index contributed by atoms with van der Waals surface area (Å²) in [5.74, 6) is 1.70. The molecule has 36 heavy (non-hydrogen) atoms. The predicted octanol–water partition coefficient (Wildman–Crippen LogP) is 9.01. The molecule has 0 aromatic heterocycles. The van der Waals surface area contributed by atoms with Crippen LogP contribution >= 0.6 is 0 Å². The van der Waals surface area contributed by atoms with Crippen molar-refractivity contribution in [3.63, 3.8) is 0 Å². The summed E-state index contributed by atoms with van der Waals surface area (Å²) in [6.45, 7) is 0. The molecule has 0 aliphatic carbocycles. The molecule has 2 heteroatoms. The van der Waals surface area contributed by atoms with Crippen LogP contribution in [0, 0.1) is 0 Å². The fraction of sp³-hybridized carbons (Fsp3) is 0.0588. The van der Waals surface area contributed by atoms with Gasteiger partial charge in [0.2, 0.25) is 0 Å². The van der Waals surface area contributed by atoms with E-state index in [0.29, 0.717) is 0 Å². The van der Waals surface area contributed by atoms with Gasteiger partial charge in [-0.25, -0.2) is 0 Å². The highest BCUT2D eigenvalue weighted by molar-refractivity contribution is 6.14. The van der Waals surface area contributed by atoms with Crippen LogP contribution in [0.4, 0.5) is 0 Å². The second-order valence-corrected chi connectivity index (χ2v) is 8.88. The molecular weight excluding hydrogens is 440 g/mol. The topological polar surface area (TPSA) is 18.5 Å². The Balaban J connectivity index is 1.73. The molecule has 0 N–H and O–H groups in total. The quantitative estimate of drug-likeness (QED) is 0.252. The molecule has 0 spiro atoms. The summed E-state index contributed by atoms with van der Waals surface area (Å²) in [5, 5.41) is 4.91. The monoisotopic (exact) mass is 466 g/mol. The molecule has 6 aromatic carbocycles. The van der Waals surface area contributed by atoms with Gasteiger partial charge < -0.3 is 9.47 Å². The summed E-state index contributed by atoms with van der Waals surface area (Å²) in [6, 6.07) is 42.9. The predicted molar refractivity (Wildman–Crippen MR) is 151 cm³/mol. The van der Waals surface area contributed by atoms with Crippen molar-refractivity contribution in [2.75, 3.05) is 14.2 Å². The summed E-state index contributed by atoms with van der Waals surface area (Å²) in [5.41, 5.74) is 7.18. The summed E-state index contributed by atoms with van der Waals surface area (Å²) in [7, 11) is 3.40. The van der Waals surface area contributed by atoms with E-state index >= 15 is 0 Å². The molecule has 0 saturated carbocycles. The Morgan fingerprint density at radius 2 is 0.778 bits per heavy atom. The summed E-state index contributed by atoms with van der Waals surface area (Å²) in [4.78, 5) is 0. The third-order valence-corrected chi connectivity index (χ3v) is 6.91. The van der Waals surface area contributed by atoms with Crippen molar-refractivity contribution in [2.45, 2.75) is 0 Å². The van der Waals surface area contributed by atoms with Crippen molar-refractivity contribution in [3.8, 4) is 44.9 Å². The second-order valence-electron chi connectivity index (χ2n) is 8.88. The molecule has 2 nitrogen and oxygen atoms in total. The van der Waals surface area contributed by atoms with Crippen molar-refractivity contribution in [2.24, 2.45) is 0 Å². The highest BCUT2D eigenvalue weighted by Crippen LogP contribution is 2.46. The number of methoxy groups -OCH3 is 2. The van der Waals surface area contributed by atoms with Gasteiger partial charge in [-0.05, 0) is 79.2 Å². The van der Waals surface area contributed by atoms with Crippen LogP contribution in [0.1, 0.15) is 0 Å². The van der Waals surface area contributed by atoms with Crippen molar-refractivity contribution in [1.29, 1.82) is 0 Å². The first kappa shape index (κ1) is 21.9. The number of ether oxygens (including phenoxy) is 2. The van der Waals surface area contributed by atoms with Crippen molar-refractivity contribution in [1.82, 2.24) is 0 Å². The standard InChI is InChI=1S/C34H26O2/c1-35-27-17-11-25(12-18-27)31-21-15-23-7-3-5-9-29(23)33(31)34-30-10-6-4-8-24(30)16-22-32(34)26-13-19-28(36-2)20-14-26/h3-22H,1-2H3. The minimum atomic E-state index is 0.852. The molecule has 0 saturated heterocycles. The molecule has 0 atom stereocenters. The molecule has 0 bridgehead atoms. The molecule has 174 valence electrons. The van der Waals surface area contributed by atoms with Gasteiger partial charge in [0.15, 0.2) is 0 Å². The van der Waals surface area contributed by atoms with Gasteiger partial charge in [-0.1, -0.05) is 97.1 Å². The lowest BCUT2D eigenvalue weighted by Gasteiger charge is -2.20. The zero-order chi connectivity index (χ0) is 24.5. The minimum absolute atomic E-state index is 0.852. The van der Waals surface area contributed by atoms with Crippen molar-refractivity contribution >= 4 is 21.5 Å². The van der Waals surface area contributed by atoms with E-state index in [1.807, 2.05) is 24.3 Å². The Kier molecular flexibility index (Phi) is 5.63. The number of hydrogen-bond donors (Lipinski definition) is 0. The maximum Gasteiger partial charge on any atom is 0.118 e. The van der Waals surface area contributed by atoms with Gasteiger partial charge in [-0.3, -0.25) is 0 Å². The molecular formula is C34H26O2. The number of rotatable bonds is 5. The fourth-order valence-corrected chi connectivity index (χ4v) is 5.10. The van der Waals surface area contributed by atoms with Crippen LogP contribution in [0.15, 0.2) is 121 Å². The van der Waals surface area contributed by atoms with Gasteiger partial charge >= 0.3 is 0 Å². The van der Waals surface area contributed by atoms with E-state index < -0.39 is 0 Å².